The molecule has 2 aromatic rings. The van der Waals surface area contributed by atoms with Crippen molar-refractivity contribution >= 4 is 11.7 Å². The minimum Gasteiger partial charge on any atom is -0.489 e. The Morgan fingerprint density at radius 2 is 2.13 bits per heavy atom. The Morgan fingerprint density at radius 1 is 1.35 bits per heavy atom. The number of nitriles is 1. The monoisotopic (exact) mass is 310 g/mol. The van der Waals surface area contributed by atoms with Crippen molar-refractivity contribution < 1.29 is 9.53 Å². The number of hydrogen-bond donors (Lipinski definition) is 2. The zero-order valence-electron chi connectivity index (χ0n) is 12.8. The molecule has 118 valence electrons. The molecule has 6 nitrogen and oxygen atoms in total. The molecule has 1 aromatic heterocycles. The third kappa shape index (κ3) is 5.67. The summed E-state index contributed by atoms with van der Waals surface area (Å²) in [5.41, 5.74) is 1.64. The van der Waals surface area contributed by atoms with E-state index >= 15 is 0 Å². The normalized spacial score (nSPS) is 11.1. The minimum absolute atomic E-state index is 0.193. The second-order valence-electron chi connectivity index (χ2n) is 5.04. The van der Waals surface area contributed by atoms with Gasteiger partial charge in [0.15, 0.2) is 0 Å². The Labute approximate surface area is 135 Å². The summed E-state index contributed by atoms with van der Waals surface area (Å²) < 4.78 is 5.64. The molecule has 0 bridgehead atoms. The van der Waals surface area contributed by atoms with Gasteiger partial charge in [0, 0.05) is 29.7 Å². The van der Waals surface area contributed by atoms with Crippen molar-refractivity contribution in [2.24, 2.45) is 0 Å². The van der Waals surface area contributed by atoms with Gasteiger partial charge < -0.3 is 15.4 Å². The lowest BCUT2D eigenvalue weighted by atomic mass is 10.2. The van der Waals surface area contributed by atoms with Gasteiger partial charge in [-0.05, 0) is 37.3 Å². The van der Waals surface area contributed by atoms with Gasteiger partial charge in [-0.25, -0.2) is 4.79 Å². The van der Waals surface area contributed by atoms with E-state index in [1.54, 1.807) is 43.6 Å². The van der Waals surface area contributed by atoms with Crippen LogP contribution in [0.1, 0.15) is 18.9 Å². The number of aromatic nitrogens is 1. The molecule has 0 aliphatic rings. The molecule has 0 fully saturated rings. The number of nitrogens with one attached hydrogen (secondary N) is 2. The van der Waals surface area contributed by atoms with Crippen molar-refractivity contribution in [3.05, 3.63) is 54.4 Å². The highest BCUT2D eigenvalue weighted by atomic mass is 16.5. The van der Waals surface area contributed by atoms with Crippen LogP contribution in [-0.4, -0.2) is 17.1 Å². The van der Waals surface area contributed by atoms with Gasteiger partial charge in [0.25, 0.3) is 0 Å². The first-order chi connectivity index (χ1) is 11.2. The third-order valence-corrected chi connectivity index (χ3v) is 3.02. The van der Waals surface area contributed by atoms with Crippen molar-refractivity contribution in [3.8, 4) is 11.8 Å². The number of hydrogen-bond acceptors (Lipinski definition) is 4. The van der Waals surface area contributed by atoms with Crippen LogP contribution >= 0.6 is 0 Å². The van der Waals surface area contributed by atoms with E-state index in [2.05, 4.69) is 15.6 Å². The van der Waals surface area contributed by atoms with Crippen LogP contribution in [0.3, 0.4) is 0 Å². The molecular formula is C17H18N4O2. The lowest BCUT2D eigenvalue weighted by Crippen LogP contribution is -2.35. The largest absolute Gasteiger partial charge is 0.489 e. The summed E-state index contributed by atoms with van der Waals surface area (Å²) >= 11 is 0. The zero-order valence-corrected chi connectivity index (χ0v) is 12.8. The number of carbonyl (C=O) groups is 1. The van der Waals surface area contributed by atoms with E-state index in [9.17, 15) is 4.79 Å². The molecule has 1 atom stereocenters. The van der Waals surface area contributed by atoms with Crippen molar-refractivity contribution in [3.63, 3.8) is 0 Å². The quantitative estimate of drug-likeness (QED) is 0.858. The number of carbonyl (C=O) groups excluding carboxylic acids is 1. The summed E-state index contributed by atoms with van der Waals surface area (Å²) in [5, 5.41) is 14.0. The third-order valence-electron chi connectivity index (χ3n) is 3.02. The highest BCUT2D eigenvalue weighted by Crippen LogP contribution is 2.17. The van der Waals surface area contributed by atoms with Crippen LogP contribution in [0, 0.1) is 11.3 Å². The Hall–Kier alpha value is -3.07. The summed E-state index contributed by atoms with van der Waals surface area (Å²) in [6.45, 7) is 2.21. The molecule has 2 rings (SSSR count). The van der Waals surface area contributed by atoms with E-state index in [1.165, 1.54) is 0 Å². The van der Waals surface area contributed by atoms with Gasteiger partial charge in [-0.3, -0.25) is 4.98 Å². The first-order valence-corrected chi connectivity index (χ1v) is 7.23. The number of ether oxygens (including phenoxy) is 1. The van der Waals surface area contributed by atoms with Gasteiger partial charge in [-0.2, -0.15) is 5.26 Å². The molecule has 0 spiro atoms. The highest BCUT2D eigenvalue weighted by Gasteiger charge is 2.06. The average Bonchev–Trinajstić information content (AvgIpc) is 2.55. The van der Waals surface area contributed by atoms with Crippen molar-refractivity contribution in [2.75, 3.05) is 5.32 Å². The molecule has 23 heavy (non-hydrogen) atoms. The summed E-state index contributed by atoms with van der Waals surface area (Å²) in [7, 11) is 0. The fourth-order valence-electron chi connectivity index (χ4n) is 1.86. The summed E-state index contributed by atoms with van der Waals surface area (Å²) in [6.07, 6.45) is 3.74. The Morgan fingerprint density at radius 3 is 2.78 bits per heavy atom. The van der Waals surface area contributed by atoms with E-state index in [0.29, 0.717) is 18.0 Å². The average molecular weight is 310 g/mol. The standard InChI is InChI=1S/C17H18N4O2/c1-13(8-9-18)20-17(22)21-15-4-6-16(7-5-15)23-12-14-3-2-10-19-11-14/h2-7,10-11,13H,8,12H2,1H3,(H2,20,21,22)/t13-/m0/s1. The number of pyridine rings is 1. The smallest absolute Gasteiger partial charge is 0.319 e. The number of benzene rings is 1. The fraction of sp³-hybridized carbons (Fsp3) is 0.235. The van der Waals surface area contributed by atoms with E-state index < -0.39 is 0 Å². The van der Waals surface area contributed by atoms with Crippen LogP contribution in [0.5, 0.6) is 5.75 Å². The van der Waals surface area contributed by atoms with Gasteiger partial charge in [0.2, 0.25) is 0 Å². The number of nitrogens with zero attached hydrogens (tertiary/aromatic N) is 2. The Kier molecular flexibility index (Phi) is 5.95. The Balaban J connectivity index is 1.82. The first kappa shape index (κ1) is 16.3. The lowest BCUT2D eigenvalue weighted by molar-refractivity contribution is 0.249. The van der Waals surface area contributed by atoms with Crippen LogP contribution in [0.25, 0.3) is 0 Å². The van der Waals surface area contributed by atoms with Gasteiger partial charge in [-0.1, -0.05) is 6.07 Å². The summed E-state index contributed by atoms with van der Waals surface area (Å²) in [4.78, 5) is 15.7. The second kappa shape index (κ2) is 8.39. The maximum atomic E-state index is 11.7. The summed E-state index contributed by atoms with van der Waals surface area (Å²) in [5.74, 6) is 0.706. The molecule has 1 heterocycles. The highest BCUT2D eigenvalue weighted by molar-refractivity contribution is 5.89. The van der Waals surface area contributed by atoms with E-state index in [-0.39, 0.29) is 18.5 Å². The van der Waals surface area contributed by atoms with Crippen LogP contribution in [0.15, 0.2) is 48.8 Å². The number of rotatable bonds is 6. The molecule has 1 aromatic carbocycles. The predicted molar refractivity (Wildman–Crippen MR) is 86.9 cm³/mol. The topological polar surface area (TPSA) is 87.0 Å². The van der Waals surface area contributed by atoms with Crippen molar-refractivity contribution in [2.45, 2.75) is 26.0 Å². The molecule has 0 saturated carbocycles. The number of urea groups is 1. The molecule has 2 N–H and O–H groups in total. The van der Waals surface area contributed by atoms with Gasteiger partial charge >= 0.3 is 6.03 Å². The van der Waals surface area contributed by atoms with Crippen LogP contribution in [0.2, 0.25) is 0 Å². The molecule has 0 unspecified atom stereocenters. The Bertz CT molecular complexity index is 665. The molecule has 0 aliphatic carbocycles. The molecule has 2 amide bonds. The molecule has 0 aliphatic heterocycles. The maximum absolute atomic E-state index is 11.7. The van der Waals surface area contributed by atoms with Crippen molar-refractivity contribution in [1.82, 2.24) is 10.3 Å². The van der Waals surface area contributed by atoms with E-state index in [0.717, 1.165) is 5.56 Å². The molecular weight excluding hydrogens is 292 g/mol. The van der Waals surface area contributed by atoms with Crippen LogP contribution in [-0.2, 0) is 6.61 Å². The molecule has 0 saturated heterocycles. The van der Waals surface area contributed by atoms with Gasteiger partial charge in [0.05, 0.1) is 12.5 Å². The first-order valence-electron chi connectivity index (χ1n) is 7.23. The molecule has 6 heteroatoms. The van der Waals surface area contributed by atoms with E-state index in [4.69, 9.17) is 10.00 Å². The fourth-order valence-corrected chi connectivity index (χ4v) is 1.86. The zero-order chi connectivity index (χ0) is 16.5. The van der Waals surface area contributed by atoms with Crippen LogP contribution < -0.4 is 15.4 Å². The van der Waals surface area contributed by atoms with Gasteiger partial charge in [0.1, 0.15) is 12.4 Å². The van der Waals surface area contributed by atoms with E-state index in [1.807, 2.05) is 18.2 Å². The second-order valence-corrected chi connectivity index (χ2v) is 5.04. The number of amides is 2. The minimum atomic E-state index is -0.336. The SMILES string of the molecule is C[C@@H](CC#N)NC(=O)Nc1ccc(OCc2cccnc2)cc1. The van der Waals surface area contributed by atoms with Crippen molar-refractivity contribution in [1.29, 1.82) is 5.26 Å². The summed E-state index contributed by atoms with van der Waals surface area (Å²) in [6, 6.07) is 12.4. The van der Waals surface area contributed by atoms with Gasteiger partial charge in [-0.15, -0.1) is 0 Å². The molecule has 0 radical (unpaired) electrons. The number of anilines is 1. The predicted octanol–water partition coefficient (Wildman–Crippen LogP) is 3.08. The van der Waals surface area contributed by atoms with Crippen LogP contribution in [0.4, 0.5) is 10.5 Å². The lowest BCUT2D eigenvalue weighted by Gasteiger charge is -2.12. The maximum Gasteiger partial charge on any atom is 0.319 e.